The molecule has 0 saturated carbocycles. The van der Waals surface area contributed by atoms with E-state index in [0.29, 0.717) is 28.2 Å². The average molecular weight is 504 g/mol. The summed E-state index contributed by atoms with van der Waals surface area (Å²) in [4.78, 5) is 25.5. The van der Waals surface area contributed by atoms with Crippen molar-refractivity contribution in [1.82, 2.24) is 10.7 Å². The standard InChI is InChI=1S/C31H25N3O4/c1-37-26-19-27-24(28(20-11-5-2-6-12-20)29(38-27)21-13-7-3-8-14-21)17-23(26)18-25(31(36)34-32)33-30(35)22-15-9-4-10-16-22/h2-19H,32H2,1H3,(H,33,35)(H,34,36)/b25-18-. The van der Waals surface area contributed by atoms with Gasteiger partial charge < -0.3 is 14.5 Å². The first kappa shape index (κ1) is 24.5. The number of hydrogen-bond donors (Lipinski definition) is 3. The van der Waals surface area contributed by atoms with Gasteiger partial charge in [-0.25, -0.2) is 5.84 Å². The van der Waals surface area contributed by atoms with Gasteiger partial charge in [0.15, 0.2) is 0 Å². The van der Waals surface area contributed by atoms with Crippen molar-refractivity contribution in [3.05, 3.63) is 120 Å². The fourth-order valence-corrected chi connectivity index (χ4v) is 4.29. The summed E-state index contributed by atoms with van der Waals surface area (Å²) in [5.74, 6) is 5.51. The van der Waals surface area contributed by atoms with Gasteiger partial charge in [-0.3, -0.25) is 15.0 Å². The van der Waals surface area contributed by atoms with Gasteiger partial charge in [-0.15, -0.1) is 0 Å². The Balaban J connectivity index is 1.69. The molecule has 0 aliphatic rings. The second-order valence-electron chi connectivity index (χ2n) is 8.48. The van der Waals surface area contributed by atoms with E-state index < -0.39 is 11.8 Å². The molecular formula is C31H25N3O4. The van der Waals surface area contributed by atoms with E-state index in [4.69, 9.17) is 15.0 Å². The molecule has 188 valence electrons. The number of hydrazine groups is 1. The molecule has 38 heavy (non-hydrogen) atoms. The first-order valence-electron chi connectivity index (χ1n) is 11.9. The Morgan fingerprint density at radius 2 is 1.45 bits per heavy atom. The molecular weight excluding hydrogens is 478 g/mol. The Kier molecular flexibility index (Phi) is 7.02. The first-order valence-corrected chi connectivity index (χ1v) is 11.9. The monoisotopic (exact) mass is 503 g/mol. The van der Waals surface area contributed by atoms with Gasteiger partial charge in [0.1, 0.15) is 22.8 Å². The molecule has 0 saturated heterocycles. The van der Waals surface area contributed by atoms with Crippen LogP contribution in [-0.2, 0) is 4.79 Å². The number of benzene rings is 4. The number of rotatable bonds is 7. The van der Waals surface area contributed by atoms with E-state index in [0.717, 1.165) is 22.1 Å². The van der Waals surface area contributed by atoms with E-state index in [1.807, 2.05) is 66.7 Å². The highest BCUT2D eigenvalue weighted by Crippen LogP contribution is 2.43. The minimum absolute atomic E-state index is 0.0351. The molecule has 0 bridgehead atoms. The van der Waals surface area contributed by atoms with E-state index in [-0.39, 0.29) is 5.70 Å². The number of nitrogens with one attached hydrogen (secondary N) is 2. The summed E-state index contributed by atoms with van der Waals surface area (Å²) in [5.41, 5.74) is 6.45. The largest absolute Gasteiger partial charge is 0.496 e. The third-order valence-electron chi connectivity index (χ3n) is 6.10. The van der Waals surface area contributed by atoms with Crippen molar-refractivity contribution >= 4 is 28.9 Å². The molecule has 0 aliphatic heterocycles. The summed E-state index contributed by atoms with van der Waals surface area (Å²) in [6, 6.07) is 32.0. The topological polar surface area (TPSA) is 107 Å². The van der Waals surface area contributed by atoms with E-state index in [9.17, 15) is 9.59 Å². The SMILES string of the molecule is COc1cc2oc(-c3ccccc3)c(-c3ccccc3)c2cc1/C=C(\NC(=O)c1ccccc1)C(=O)NN. The number of ether oxygens (including phenoxy) is 1. The Morgan fingerprint density at radius 1 is 0.842 bits per heavy atom. The van der Waals surface area contributed by atoms with Crippen LogP contribution in [0.4, 0.5) is 0 Å². The maximum Gasteiger partial charge on any atom is 0.281 e. The zero-order chi connectivity index (χ0) is 26.5. The van der Waals surface area contributed by atoms with Crippen LogP contribution in [0, 0.1) is 0 Å². The molecule has 0 radical (unpaired) electrons. The van der Waals surface area contributed by atoms with Crippen LogP contribution < -0.4 is 21.3 Å². The van der Waals surface area contributed by atoms with Crippen LogP contribution in [-0.4, -0.2) is 18.9 Å². The molecule has 0 unspecified atom stereocenters. The van der Waals surface area contributed by atoms with Gasteiger partial charge >= 0.3 is 0 Å². The lowest BCUT2D eigenvalue weighted by Crippen LogP contribution is -2.38. The minimum Gasteiger partial charge on any atom is -0.496 e. The zero-order valence-corrected chi connectivity index (χ0v) is 20.6. The second kappa shape index (κ2) is 10.9. The van der Waals surface area contributed by atoms with Crippen LogP contribution in [0.2, 0.25) is 0 Å². The molecule has 0 atom stereocenters. The van der Waals surface area contributed by atoms with E-state index in [1.165, 1.54) is 13.2 Å². The van der Waals surface area contributed by atoms with Gasteiger partial charge in [-0.05, 0) is 29.8 Å². The normalized spacial score (nSPS) is 11.3. The van der Waals surface area contributed by atoms with Gasteiger partial charge in [0.2, 0.25) is 0 Å². The third kappa shape index (κ3) is 4.91. The minimum atomic E-state index is -0.656. The van der Waals surface area contributed by atoms with Crippen molar-refractivity contribution in [3.8, 4) is 28.2 Å². The van der Waals surface area contributed by atoms with Crippen molar-refractivity contribution < 1.29 is 18.7 Å². The van der Waals surface area contributed by atoms with Crippen LogP contribution in [0.1, 0.15) is 15.9 Å². The lowest BCUT2D eigenvalue weighted by molar-refractivity contribution is -0.117. The predicted molar refractivity (Wildman–Crippen MR) is 148 cm³/mol. The highest BCUT2D eigenvalue weighted by Gasteiger charge is 2.21. The molecule has 1 heterocycles. The van der Waals surface area contributed by atoms with Crippen LogP contribution in [0.15, 0.2) is 113 Å². The maximum absolute atomic E-state index is 12.8. The highest BCUT2D eigenvalue weighted by atomic mass is 16.5. The molecule has 4 aromatic carbocycles. The highest BCUT2D eigenvalue weighted by molar-refractivity contribution is 6.07. The number of carbonyl (C=O) groups excluding carboxylic acids is 2. The van der Waals surface area contributed by atoms with Crippen molar-refractivity contribution in [2.24, 2.45) is 5.84 Å². The molecule has 5 aromatic rings. The molecule has 0 aliphatic carbocycles. The quantitative estimate of drug-likeness (QED) is 0.117. The molecule has 7 nitrogen and oxygen atoms in total. The first-order chi connectivity index (χ1) is 18.6. The predicted octanol–water partition coefficient (Wildman–Crippen LogP) is 5.54. The van der Waals surface area contributed by atoms with Crippen LogP contribution in [0.3, 0.4) is 0 Å². The fraction of sp³-hybridized carbons (Fsp3) is 0.0323. The summed E-state index contributed by atoms with van der Waals surface area (Å²) >= 11 is 0. The Morgan fingerprint density at radius 3 is 2.05 bits per heavy atom. The number of fused-ring (bicyclic) bond motifs is 1. The van der Waals surface area contributed by atoms with Crippen LogP contribution in [0.25, 0.3) is 39.5 Å². The number of nitrogens with two attached hydrogens (primary N) is 1. The van der Waals surface area contributed by atoms with E-state index in [1.54, 1.807) is 36.4 Å². The summed E-state index contributed by atoms with van der Waals surface area (Å²) < 4.78 is 12.0. The van der Waals surface area contributed by atoms with Crippen molar-refractivity contribution in [3.63, 3.8) is 0 Å². The maximum atomic E-state index is 12.8. The molecule has 7 heteroatoms. The molecule has 2 amide bonds. The molecule has 0 spiro atoms. The number of hydrogen-bond acceptors (Lipinski definition) is 5. The summed E-state index contributed by atoms with van der Waals surface area (Å²) in [6.07, 6.45) is 1.53. The number of furan rings is 1. The summed E-state index contributed by atoms with van der Waals surface area (Å²) in [5, 5.41) is 3.48. The van der Waals surface area contributed by atoms with Gasteiger partial charge in [-0.2, -0.15) is 0 Å². The Bertz CT molecular complexity index is 1630. The Labute approximate surface area is 219 Å². The van der Waals surface area contributed by atoms with E-state index >= 15 is 0 Å². The summed E-state index contributed by atoms with van der Waals surface area (Å²) in [7, 11) is 1.53. The molecule has 0 fully saturated rings. The molecule has 5 rings (SSSR count). The smallest absolute Gasteiger partial charge is 0.281 e. The van der Waals surface area contributed by atoms with Gasteiger partial charge in [-0.1, -0.05) is 78.9 Å². The third-order valence-corrected chi connectivity index (χ3v) is 6.10. The molecule has 1 aromatic heterocycles. The molecule has 4 N–H and O–H groups in total. The lowest BCUT2D eigenvalue weighted by Gasteiger charge is -2.11. The number of methoxy groups -OCH3 is 1. The zero-order valence-electron chi connectivity index (χ0n) is 20.6. The van der Waals surface area contributed by atoms with Gasteiger partial charge in [0.25, 0.3) is 11.8 Å². The van der Waals surface area contributed by atoms with Crippen LogP contribution in [0.5, 0.6) is 5.75 Å². The average Bonchev–Trinajstić information content (AvgIpc) is 3.35. The van der Waals surface area contributed by atoms with Crippen molar-refractivity contribution in [2.45, 2.75) is 0 Å². The van der Waals surface area contributed by atoms with Crippen LogP contribution >= 0.6 is 0 Å². The van der Waals surface area contributed by atoms with E-state index in [2.05, 4.69) is 10.7 Å². The lowest BCUT2D eigenvalue weighted by atomic mass is 9.97. The fourth-order valence-electron chi connectivity index (χ4n) is 4.29. The number of amides is 2. The van der Waals surface area contributed by atoms with Crippen molar-refractivity contribution in [2.75, 3.05) is 7.11 Å². The van der Waals surface area contributed by atoms with Crippen molar-refractivity contribution in [1.29, 1.82) is 0 Å². The summed E-state index contributed by atoms with van der Waals surface area (Å²) in [6.45, 7) is 0. The van der Waals surface area contributed by atoms with Gasteiger partial charge in [0.05, 0.1) is 7.11 Å². The number of carbonyl (C=O) groups is 2. The van der Waals surface area contributed by atoms with Gasteiger partial charge in [0, 0.05) is 33.7 Å². The second-order valence-corrected chi connectivity index (χ2v) is 8.48. The Hall–Kier alpha value is -5.14.